The van der Waals surface area contributed by atoms with E-state index in [0.29, 0.717) is 6.04 Å². The molecule has 1 aromatic carbocycles. The van der Waals surface area contributed by atoms with E-state index in [-0.39, 0.29) is 0 Å². The van der Waals surface area contributed by atoms with Crippen molar-refractivity contribution in [1.82, 2.24) is 0 Å². The van der Waals surface area contributed by atoms with Gasteiger partial charge in [0.1, 0.15) is 5.75 Å². The topological polar surface area (TPSA) is 38.5 Å². The number of nitrogens with two attached hydrogens (primary N) is 1. The van der Waals surface area contributed by atoms with E-state index in [9.17, 15) is 0 Å². The Morgan fingerprint density at radius 1 is 1.38 bits per heavy atom. The van der Waals surface area contributed by atoms with Gasteiger partial charge in [0.2, 0.25) is 0 Å². The van der Waals surface area contributed by atoms with Crippen molar-refractivity contribution in [3.05, 3.63) is 18.2 Å². The van der Waals surface area contributed by atoms with E-state index >= 15 is 0 Å². The normalized spacial score (nSPS) is 20.9. The summed E-state index contributed by atoms with van der Waals surface area (Å²) in [4.78, 5) is 2.40. The van der Waals surface area contributed by atoms with E-state index in [1.54, 1.807) is 7.11 Å². The molecule has 0 amide bonds. The zero-order valence-corrected chi connectivity index (χ0v) is 10.1. The standard InChI is InChI=1S/C13H20N2O/c1-10-5-3-4-8-15(10)13-7-6-11(16-2)9-12(13)14/h6-7,9-10H,3-5,8,14H2,1-2H3. The van der Waals surface area contributed by atoms with Crippen LogP contribution in [-0.4, -0.2) is 19.7 Å². The summed E-state index contributed by atoms with van der Waals surface area (Å²) in [5, 5.41) is 0. The van der Waals surface area contributed by atoms with Gasteiger partial charge >= 0.3 is 0 Å². The molecule has 0 saturated carbocycles. The average Bonchev–Trinajstić information content (AvgIpc) is 2.30. The minimum atomic E-state index is 0.587. The van der Waals surface area contributed by atoms with Crippen molar-refractivity contribution in [2.75, 3.05) is 24.3 Å². The van der Waals surface area contributed by atoms with Crippen LogP contribution in [0.1, 0.15) is 26.2 Å². The van der Waals surface area contributed by atoms with Crippen LogP contribution < -0.4 is 15.4 Å². The van der Waals surface area contributed by atoms with Crippen LogP contribution in [-0.2, 0) is 0 Å². The Kier molecular flexibility index (Phi) is 3.22. The van der Waals surface area contributed by atoms with Gasteiger partial charge in [-0.3, -0.25) is 0 Å². The van der Waals surface area contributed by atoms with Gasteiger partial charge in [-0.15, -0.1) is 0 Å². The van der Waals surface area contributed by atoms with Crippen LogP contribution in [0.15, 0.2) is 18.2 Å². The van der Waals surface area contributed by atoms with Gasteiger partial charge in [-0.1, -0.05) is 0 Å². The summed E-state index contributed by atoms with van der Waals surface area (Å²) in [7, 11) is 1.66. The minimum absolute atomic E-state index is 0.587. The number of anilines is 2. The maximum absolute atomic E-state index is 6.07. The SMILES string of the molecule is COc1ccc(N2CCCCC2C)c(N)c1. The van der Waals surface area contributed by atoms with E-state index in [2.05, 4.69) is 17.9 Å². The Hall–Kier alpha value is -1.38. The van der Waals surface area contributed by atoms with E-state index in [1.165, 1.54) is 19.3 Å². The first-order chi connectivity index (χ1) is 7.72. The van der Waals surface area contributed by atoms with E-state index < -0.39 is 0 Å². The molecule has 3 heteroatoms. The first kappa shape index (κ1) is 11.1. The predicted octanol–water partition coefficient (Wildman–Crippen LogP) is 2.66. The van der Waals surface area contributed by atoms with Crippen LogP contribution in [0.25, 0.3) is 0 Å². The molecule has 2 N–H and O–H groups in total. The molecule has 1 unspecified atom stereocenters. The lowest BCUT2D eigenvalue weighted by atomic mass is 10.0. The maximum Gasteiger partial charge on any atom is 0.121 e. The maximum atomic E-state index is 6.07. The molecule has 0 aliphatic carbocycles. The van der Waals surface area contributed by atoms with Crippen LogP contribution in [0, 0.1) is 0 Å². The third kappa shape index (κ3) is 2.08. The molecule has 3 nitrogen and oxygen atoms in total. The summed E-state index contributed by atoms with van der Waals surface area (Å²) in [6, 6.07) is 6.53. The van der Waals surface area contributed by atoms with Gasteiger partial charge in [0.05, 0.1) is 18.5 Å². The van der Waals surface area contributed by atoms with Gasteiger partial charge < -0.3 is 15.4 Å². The fourth-order valence-corrected chi connectivity index (χ4v) is 2.38. The highest BCUT2D eigenvalue weighted by Gasteiger charge is 2.20. The monoisotopic (exact) mass is 220 g/mol. The number of nitrogen functional groups attached to an aromatic ring is 1. The molecule has 1 aliphatic rings. The Labute approximate surface area is 97.2 Å². The Balaban J connectivity index is 2.25. The van der Waals surface area contributed by atoms with Crippen LogP contribution in [0.5, 0.6) is 5.75 Å². The van der Waals surface area contributed by atoms with Gasteiger partial charge in [-0.25, -0.2) is 0 Å². The van der Waals surface area contributed by atoms with Gasteiger partial charge in [-0.2, -0.15) is 0 Å². The van der Waals surface area contributed by atoms with Gasteiger partial charge in [0.25, 0.3) is 0 Å². The molecule has 88 valence electrons. The van der Waals surface area contributed by atoms with Crippen molar-refractivity contribution in [3.8, 4) is 5.75 Å². The molecule has 1 atom stereocenters. The fourth-order valence-electron chi connectivity index (χ4n) is 2.38. The molecule has 0 bridgehead atoms. The summed E-state index contributed by atoms with van der Waals surface area (Å²) in [6.45, 7) is 3.38. The molecule has 1 fully saturated rings. The second kappa shape index (κ2) is 4.64. The quantitative estimate of drug-likeness (QED) is 0.779. The van der Waals surface area contributed by atoms with Crippen LogP contribution >= 0.6 is 0 Å². The van der Waals surface area contributed by atoms with E-state index in [4.69, 9.17) is 10.5 Å². The lowest BCUT2D eigenvalue weighted by molar-refractivity contribution is 0.415. The largest absolute Gasteiger partial charge is 0.497 e. The zero-order valence-electron chi connectivity index (χ0n) is 10.1. The smallest absolute Gasteiger partial charge is 0.121 e. The molecular weight excluding hydrogens is 200 g/mol. The number of hydrogen-bond donors (Lipinski definition) is 1. The predicted molar refractivity (Wildman–Crippen MR) is 68.1 cm³/mol. The summed E-state index contributed by atoms with van der Waals surface area (Å²) in [5.74, 6) is 0.825. The fraction of sp³-hybridized carbons (Fsp3) is 0.538. The number of benzene rings is 1. The number of hydrogen-bond acceptors (Lipinski definition) is 3. The Morgan fingerprint density at radius 2 is 2.19 bits per heavy atom. The molecule has 0 aromatic heterocycles. The van der Waals surface area contributed by atoms with Crippen molar-refractivity contribution >= 4 is 11.4 Å². The lowest BCUT2D eigenvalue weighted by Crippen LogP contribution is -2.37. The molecular formula is C13H20N2O. The third-order valence-electron chi connectivity index (χ3n) is 3.35. The highest BCUT2D eigenvalue weighted by molar-refractivity contribution is 5.70. The lowest BCUT2D eigenvalue weighted by Gasteiger charge is -2.36. The summed E-state index contributed by atoms with van der Waals surface area (Å²) in [5.41, 5.74) is 8.03. The molecule has 1 aromatic rings. The highest BCUT2D eigenvalue weighted by Crippen LogP contribution is 2.31. The van der Waals surface area contributed by atoms with Crippen molar-refractivity contribution in [3.63, 3.8) is 0 Å². The van der Waals surface area contributed by atoms with E-state index in [1.807, 2.05) is 12.1 Å². The Bertz CT molecular complexity index is 365. The second-order valence-corrected chi connectivity index (χ2v) is 4.46. The second-order valence-electron chi connectivity index (χ2n) is 4.46. The summed E-state index contributed by atoms with van der Waals surface area (Å²) >= 11 is 0. The van der Waals surface area contributed by atoms with Gasteiger partial charge in [0, 0.05) is 18.7 Å². The summed E-state index contributed by atoms with van der Waals surface area (Å²) in [6.07, 6.45) is 3.84. The molecule has 16 heavy (non-hydrogen) atoms. The first-order valence-electron chi connectivity index (χ1n) is 5.92. The number of methoxy groups -OCH3 is 1. The molecule has 1 heterocycles. The van der Waals surface area contributed by atoms with Crippen LogP contribution in [0.4, 0.5) is 11.4 Å². The van der Waals surface area contributed by atoms with Crippen molar-refractivity contribution in [2.24, 2.45) is 0 Å². The number of piperidine rings is 1. The zero-order chi connectivity index (χ0) is 11.5. The average molecular weight is 220 g/mol. The number of rotatable bonds is 2. The first-order valence-corrected chi connectivity index (χ1v) is 5.92. The third-order valence-corrected chi connectivity index (χ3v) is 3.35. The number of nitrogens with zero attached hydrogens (tertiary/aromatic N) is 1. The van der Waals surface area contributed by atoms with Crippen molar-refractivity contribution in [1.29, 1.82) is 0 Å². The van der Waals surface area contributed by atoms with Gasteiger partial charge in [-0.05, 0) is 38.3 Å². The van der Waals surface area contributed by atoms with Crippen molar-refractivity contribution in [2.45, 2.75) is 32.2 Å². The molecule has 1 saturated heterocycles. The molecule has 1 aliphatic heterocycles. The molecule has 2 rings (SSSR count). The number of ether oxygens (including phenoxy) is 1. The molecule has 0 radical (unpaired) electrons. The van der Waals surface area contributed by atoms with Crippen molar-refractivity contribution < 1.29 is 4.74 Å². The van der Waals surface area contributed by atoms with Gasteiger partial charge in [0.15, 0.2) is 0 Å². The van der Waals surface area contributed by atoms with Crippen LogP contribution in [0.2, 0.25) is 0 Å². The van der Waals surface area contributed by atoms with Crippen LogP contribution in [0.3, 0.4) is 0 Å². The molecule has 0 spiro atoms. The highest BCUT2D eigenvalue weighted by atomic mass is 16.5. The summed E-state index contributed by atoms with van der Waals surface area (Å²) < 4.78 is 5.17. The minimum Gasteiger partial charge on any atom is -0.497 e. The Morgan fingerprint density at radius 3 is 2.81 bits per heavy atom. The van der Waals surface area contributed by atoms with E-state index in [0.717, 1.165) is 23.7 Å².